The van der Waals surface area contributed by atoms with Gasteiger partial charge < -0.3 is 4.84 Å². The Balaban J connectivity index is 2.81. The number of nitrogens with zero attached hydrogens (tertiary/aromatic N) is 4. The highest BCUT2D eigenvalue weighted by molar-refractivity contribution is 5.82. The van der Waals surface area contributed by atoms with Crippen LogP contribution in [-0.2, 0) is 16.7 Å². The summed E-state index contributed by atoms with van der Waals surface area (Å²) in [5, 5.41) is 15.9. The number of hydrogen-bond acceptors (Lipinski definition) is 5. The first-order valence-electron chi connectivity index (χ1n) is 3.78. The van der Waals surface area contributed by atoms with Crippen molar-refractivity contribution in [2.75, 3.05) is 0 Å². The quantitative estimate of drug-likeness (QED) is 0.380. The van der Waals surface area contributed by atoms with Crippen LogP contribution in [0.1, 0.15) is 18.2 Å². The highest BCUT2D eigenvalue weighted by Crippen LogP contribution is 2.01. The summed E-state index contributed by atoms with van der Waals surface area (Å²) >= 11 is 0. The van der Waals surface area contributed by atoms with Gasteiger partial charge in [0.1, 0.15) is 6.07 Å². The molecule has 0 aliphatic carbocycles. The Morgan fingerprint density at radius 3 is 3.14 bits per heavy atom. The minimum atomic E-state index is -0.511. The van der Waals surface area contributed by atoms with Crippen molar-refractivity contribution in [3.8, 4) is 6.07 Å². The van der Waals surface area contributed by atoms with Gasteiger partial charge in [0.2, 0.25) is 0 Å². The van der Waals surface area contributed by atoms with Gasteiger partial charge in [-0.1, -0.05) is 5.16 Å². The van der Waals surface area contributed by atoms with Crippen molar-refractivity contribution in [3.63, 3.8) is 0 Å². The van der Waals surface area contributed by atoms with Crippen molar-refractivity contribution in [1.29, 1.82) is 5.26 Å². The molecule has 72 valence electrons. The highest BCUT2D eigenvalue weighted by atomic mass is 16.7. The molecule has 6 nitrogen and oxygen atoms in total. The van der Waals surface area contributed by atoms with E-state index in [4.69, 9.17) is 5.26 Å². The smallest absolute Gasteiger partial charge is 0.319 e. The molecule has 0 aromatic carbocycles. The molecule has 1 aromatic rings. The van der Waals surface area contributed by atoms with Gasteiger partial charge in [-0.3, -0.25) is 4.68 Å². The van der Waals surface area contributed by atoms with Crippen LogP contribution in [0.2, 0.25) is 0 Å². The lowest BCUT2D eigenvalue weighted by molar-refractivity contribution is -0.140. The van der Waals surface area contributed by atoms with Crippen LogP contribution in [0.25, 0.3) is 0 Å². The summed E-state index contributed by atoms with van der Waals surface area (Å²) in [6.07, 6.45) is 2.87. The summed E-state index contributed by atoms with van der Waals surface area (Å²) in [5.74, 6) is -0.511. The highest BCUT2D eigenvalue weighted by Gasteiger charge is 2.03. The average Bonchev–Trinajstić information content (AvgIpc) is 2.45. The molecule has 0 saturated heterocycles. The summed E-state index contributed by atoms with van der Waals surface area (Å²) in [6.45, 7) is 1.24. The van der Waals surface area contributed by atoms with E-state index in [1.54, 1.807) is 13.2 Å². The molecular formula is C8H8N4O2. The fourth-order valence-corrected chi connectivity index (χ4v) is 0.846. The molecule has 14 heavy (non-hydrogen) atoms. The number of hydrogen-bond donors (Lipinski definition) is 0. The van der Waals surface area contributed by atoms with Gasteiger partial charge in [-0.2, -0.15) is 10.4 Å². The number of nitriles is 1. The van der Waals surface area contributed by atoms with Crippen LogP contribution in [-0.4, -0.2) is 22.0 Å². The number of aromatic nitrogens is 2. The molecule has 0 bridgehead atoms. The molecule has 0 radical (unpaired) electrons. The van der Waals surface area contributed by atoms with Crippen LogP contribution in [0.3, 0.4) is 0 Å². The molecule has 0 aliphatic heterocycles. The van der Waals surface area contributed by atoms with Gasteiger partial charge in [-0.15, -0.1) is 0 Å². The summed E-state index contributed by atoms with van der Waals surface area (Å²) in [6, 6.07) is 1.89. The molecule has 0 saturated carbocycles. The van der Waals surface area contributed by atoms with Gasteiger partial charge in [-0.05, 0) is 0 Å². The largest absolute Gasteiger partial charge is 0.331 e. The van der Waals surface area contributed by atoms with Gasteiger partial charge in [0.25, 0.3) is 0 Å². The maximum Gasteiger partial charge on any atom is 0.331 e. The lowest BCUT2D eigenvalue weighted by atomic mass is 10.3. The van der Waals surface area contributed by atoms with Crippen molar-refractivity contribution in [1.82, 2.24) is 9.78 Å². The second-order valence-electron chi connectivity index (χ2n) is 2.54. The molecule has 0 unspecified atom stereocenters. The van der Waals surface area contributed by atoms with E-state index in [9.17, 15) is 4.79 Å². The fraction of sp³-hybridized carbons (Fsp3) is 0.250. The lowest BCUT2D eigenvalue weighted by Crippen LogP contribution is -1.92. The Kier molecular flexibility index (Phi) is 2.97. The van der Waals surface area contributed by atoms with E-state index in [0.717, 1.165) is 0 Å². The zero-order valence-corrected chi connectivity index (χ0v) is 7.76. The summed E-state index contributed by atoms with van der Waals surface area (Å²) in [7, 11) is 1.68. The number of carbonyl (C=O) groups is 1. The summed E-state index contributed by atoms with van der Waals surface area (Å²) in [4.78, 5) is 14.7. The van der Waals surface area contributed by atoms with E-state index in [1.165, 1.54) is 17.8 Å². The number of rotatable bonds is 2. The third-order valence-corrected chi connectivity index (χ3v) is 1.34. The van der Waals surface area contributed by atoms with E-state index in [2.05, 4.69) is 15.1 Å². The Bertz CT molecular complexity index is 413. The molecule has 0 amide bonds. The SMILES string of the molecule is CC(=O)O/N=C/c1cn(C)nc1C#N. The molecule has 6 heteroatoms. The van der Waals surface area contributed by atoms with Gasteiger partial charge in [0.15, 0.2) is 5.69 Å². The van der Waals surface area contributed by atoms with Crippen LogP contribution < -0.4 is 0 Å². The molecule has 0 atom stereocenters. The molecule has 0 spiro atoms. The van der Waals surface area contributed by atoms with Crippen molar-refractivity contribution < 1.29 is 9.63 Å². The average molecular weight is 192 g/mol. The second-order valence-corrected chi connectivity index (χ2v) is 2.54. The van der Waals surface area contributed by atoms with Crippen LogP contribution in [0.15, 0.2) is 11.4 Å². The molecule has 1 aromatic heterocycles. The second kappa shape index (κ2) is 4.18. The van der Waals surface area contributed by atoms with Gasteiger partial charge in [0.05, 0.1) is 11.8 Å². The minimum absolute atomic E-state index is 0.239. The Morgan fingerprint density at radius 2 is 2.57 bits per heavy atom. The van der Waals surface area contributed by atoms with Crippen LogP contribution in [0.5, 0.6) is 0 Å². The standard InChI is InChI=1S/C8H8N4O2/c1-6(13)14-10-4-7-5-12(2)11-8(7)3-9/h4-5H,1-2H3/b10-4+. The predicted octanol–water partition coefficient (Wildman–Crippen LogP) is 0.189. The predicted molar refractivity (Wildman–Crippen MR) is 47.3 cm³/mol. The van der Waals surface area contributed by atoms with Gasteiger partial charge >= 0.3 is 5.97 Å². The van der Waals surface area contributed by atoms with Crippen molar-refractivity contribution in [3.05, 3.63) is 17.5 Å². The Labute approximate surface area is 80.4 Å². The van der Waals surface area contributed by atoms with E-state index >= 15 is 0 Å². The van der Waals surface area contributed by atoms with Gasteiger partial charge in [0, 0.05) is 20.2 Å². The zero-order valence-electron chi connectivity index (χ0n) is 7.76. The number of aryl methyl sites for hydroxylation is 1. The maximum absolute atomic E-state index is 10.4. The van der Waals surface area contributed by atoms with Crippen LogP contribution in [0, 0.1) is 11.3 Å². The topological polar surface area (TPSA) is 80.3 Å². The van der Waals surface area contributed by atoms with Crippen molar-refractivity contribution in [2.45, 2.75) is 6.92 Å². The van der Waals surface area contributed by atoms with Crippen molar-refractivity contribution in [2.24, 2.45) is 12.2 Å². The van der Waals surface area contributed by atoms with E-state index < -0.39 is 5.97 Å². The fourth-order valence-electron chi connectivity index (χ4n) is 0.846. The molecular weight excluding hydrogens is 184 g/mol. The maximum atomic E-state index is 10.4. The van der Waals surface area contributed by atoms with Gasteiger partial charge in [-0.25, -0.2) is 4.79 Å². The lowest BCUT2D eigenvalue weighted by Gasteiger charge is -1.87. The Hall–Kier alpha value is -2.16. The molecule has 0 N–H and O–H groups in total. The molecule has 1 rings (SSSR count). The Morgan fingerprint density at radius 1 is 1.86 bits per heavy atom. The van der Waals surface area contributed by atoms with E-state index in [1.807, 2.05) is 6.07 Å². The monoisotopic (exact) mass is 192 g/mol. The van der Waals surface area contributed by atoms with Crippen LogP contribution >= 0.6 is 0 Å². The first-order chi connectivity index (χ1) is 6.63. The normalized spacial score (nSPS) is 10.1. The zero-order chi connectivity index (χ0) is 10.6. The minimum Gasteiger partial charge on any atom is -0.319 e. The summed E-state index contributed by atoms with van der Waals surface area (Å²) < 4.78 is 1.48. The number of carbonyl (C=O) groups excluding carboxylic acids is 1. The first-order valence-corrected chi connectivity index (χ1v) is 3.78. The molecule has 0 aliphatic rings. The molecule has 0 fully saturated rings. The van der Waals surface area contributed by atoms with Crippen molar-refractivity contribution >= 4 is 12.2 Å². The number of oxime groups is 1. The van der Waals surface area contributed by atoms with Crippen LogP contribution in [0.4, 0.5) is 0 Å². The third-order valence-electron chi connectivity index (χ3n) is 1.34. The third kappa shape index (κ3) is 2.42. The van der Waals surface area contributed by atoms with E-state index in [-0.39, 0.29) is 5.69 Å². The molecule has 1 heterocycles. The summed E-state index contributed by atoms with van der Waals surface area (Å²) in [5.41, 5.74) is 0.750. The first kappa shape index (κ1) is 9.92. The van der Waals surface area contributed by atoms with E-state index in [0.29, 0.717) is 5.56 Å².